The number of aliphatic hydroxyl groups is 1. The fourth-order valence-corrected chi connectivity index (χ4v) is 5.37. The molecule has 0 radical (unpaired) electrons. The quantitative estimate of drug-likeness (QED) is 0.178. The predicted molar refractivity (Wildman–Crippen MR) is 176 cm³/mol. The molecule has 0 saturated heterocycles. The molecule has 0 spiro atoms. The highest BCUT2D eigenvalue weighted by atomic mass is 16.5. The number of nitrogens with zero attached hydrogens (tertiary/aromatic N) is 6. The van der Waals surface area contributed by atoms with Gasteiger partial charge in [-0.3, -0.25) is 19.3 Å². The van der Waals surface area contributed by atoms with Crippen LogP contribution in [0.25, 0.3) is 0 Å². The zero-order valence-corrected chi connectivity index (χ0v) is 26.5. The molecular weight excluding hydrogens is 602 g/mol. The van der Waals surface area contributed by atoms with Gasteiger partial charge in [-0.25, -0.2) is 4.68 Å². The van der Waals surface area contributed by atoms with Crippen LogP contribution < -0.4 is 21.1 Å². The van der Waals surface area contributed by atoms with E-state index in [1.54, 1.807) is 54.3 Å². The Balaban J connectivity index is 1.28. The van der Waals surface area contributed by atoms with E-state index in [0.717, 1.165) is 5.56 Å². The summed E-state index contributed by atoms with van der Waals surface area (Å²) in [5.41, 5.74) is 9.24. The second-order valence-electron chi connectivity index (χ2n) is 11.8. The number of hydrogen-bond donors (Lipinski definition) is 4. The summed E-state index contributed by atoms with van der Waals surface area (Å²) in [6.45, 7) is 5.02. The van der Waals surface area contributed by atoms with E-state index in [9.17, 15) is 19.5 Å². The summed E-state index contributed by atoms with van der Waals surface area (Å²) in [6, 6.07) is 19.0. The first-order chi connectivity index (χ1) is 22.6. The van der Waals surface area contributed by atoms with Crippen molar-refractivity contribution in [2.45, 2.75) is 39.1 Å². The summed E-state index contributed by atoms with van der Waals surface area (Å²) in [5.74, 6) is -0.584. The Kier molecular flexibility index (Phi) is 10.4. The van der Waals surface area contributed by atoms with E-state index in [4.69, 9.17) is 10.5 Å². The number of amides is 3. The van der Waals surface area contributed by atoms with Crippen molar-refractivity contribution >= 4 is 34.8 Å². The molecule has 1 aromatic heterocycles. The van der Waals surface area contributed by atoms with Crippen molar-refractivity contribution in [2.75, 3.05) is 43.1 Å². The molecule has 4 aromatic rings. The number of nitrogens with one attached hydrogen (secondary N) is 2. The van der Waals surface area contributed by atoms with Crippen molar-refractivity contribution in [1.82, 2.24) is 30.0 Å². The molecule has 246 valence electrons. The van der Waals surface area contributed by atoms with Crippen LogP contribution in [-0.4, -0.2) is 91.7 Å². The monoisotopic (exact) mass is 641 g/mol. The average molecular weight is 642 g/mol. The Hall–Kier alpha value is -5.34. The second-order valence-corrected chi connectivity index (χ2v) is 11.8. The van der Waals surface area contributed by atoms with Gasteiger partial charge in [-0.15, -0.1) is 5.10 Å². The van der Waals surface area contributed by atoms with Crippen molar-refractivity contribution < 1.29 is 24.2 Å². The maximum absolute atomic E-state index is 13.7. The fraction of sp³-hybridized carbons (Fsp3) is 0.333. The fourth-order valence-electron chi connectivity index (χ4n) is 5.37. The smallest absolute Gasteiger partial charge is 0.258 e. The van der Waals surface area contributed by atoms with Gasteiger partial charge >= 0.3 is 0 Å². The topological polar surface area (TPSA) is 181 Å². The minimum atomic E-state index is -0.429. The van der Waals surface area contributed by atoms with Crippen molar-refractivity contribution in [1.29, 1.82) is 0 Å². The summed E-state index contributed by atoms with van der Waals surface area (Å²) < 4.78 is 7.78. The lowest BCUT2D eigenvalue weighted by Gasteiger charge is -2.38. The SMILES string of the molecule is C[C@@H]1CN([C@@H](C)CO)C(=O)c2cc(NC(=O)Cn3cnnn3)ccc2O[C@@H]1CN(C)Cc1ccc(C(=O)Nc2ccccc2N)cc1. The van der Waals surface area contributed by atoms with Gasteiger partial charge in [0.25, 0.3) is 11.8 Å². The van der Waals surface area contributed by atoms with Gasteiger partial charge in [-0.1, -0.05) is 31.2 Å². The van der Waals surface area contributed by atoms with Crippen LogP contribution in [0, 0.1) is 5.92 Å². The van der Waals surface area contributed by atoms with Crippen molar-refractivity contribution in [3.63, 3.8) is 0 Å². The number of rotatable bonds is 11. The Labute approximate surface area is 272 Å². The average Bonchev–Trinajstić information content (AvgIpc) is 3.57. The van der Waals surface area contributed by atoms with Gasteiger partial charge in [0.2, 0.25) is 5.91 Å². The van der Waals surface area contributed by atoms with Crippen molar-refractivity contribution in [3.8, 4) is 5.75 Å². The summed E-state index contributed by atoms with van der Waals surface area (Å²) in [6.07, 6.45) is 1.03. The lowest BCUT2D eigenvalue weighted by atomic mass is 9.99. The van der Waals surface area contributed by atoms with E-state index in [1.807, 2.05) is 38.2 Å². The minimum absolute atomic E-state index is 0.0734. The van der Waals surface area contributed by atoms with Gasteiger partial charge in [-0.05, 0) is 72.4 Å². The highest BCUT2D eigenvalue weighted by Gasteiger charge is 2.33. The normalized spacial score (nSPS) is 16.9. The number of aliphatic hydroxyl groups excluding tert-OH is 1. The molecule has 3 aromatic carbocycles. The zero-order valence-electron chi connectivity index (χ0n) is 26.5. The molecule has 1 aliphatic heterocycles. The molecule has 0 saturated carbocycles. The van der Waals surface area contributed by atoms with Gasteiger partial charge in [0, 0.05) is 36.8 Å². The largest absolute Gasteiger partial charge is 0.488 e. The Morgan fingerprint density at radius 3 is 2.60 bits per heavy atom. The molecule has 3 amide bonds. The highest BCUT2D eigenvalue weighted by Crippen LogP contribution is 2.31. The number of ether oxygens (including phenoxy) is 1. The van der Waals surface area contributed by atoms with E-state index in [2.05, 4.69) is 31.1 Å². The van der Waals surface area contributed by atoms with E-state index in [0.29, 0.717) is 48.0 Å². The number of aromatic nitrogens is 4. The van der Waals surface area contributed by atoms with Gasteiger partial charge in [0.15, 0.2) is 0 Å². The molecule has 1 aliphatic rings. The molecule has 2 heterocycles. The third kappa shape index (κ3) is 8.28. The molecule has 0 bridgehead atoms. The number of anilines is 3. The van der Waals surface area contributed by atoms with E-state index >= 15 is 0 Å². The summed E-state index contributed by atoms with van der Waals surface area (Å²) >= 11 is 0. The predicted octanol–water partition coefficient (Wildman–Crippen LogP) is 2.50. The minimum Gasteiger partial charge on any atom is -0.488 e. The van der Waals surface area contributed by atoms with Gasteiger partial charge in [0.1, 0.15) is 24.7 Å². The highest BCUT2D eigenvalue weighted by molar-refractivity contribution is 6.05. The van der Waals surface area contributed by atoms with Crippen LogP contribution in [0.1, 0.15) is 40.1 Å². The molecule has 0 unspecified atom stereocenters. The number of nitrogens with two attached hydrogens (primary N) is 1. The molecule has 0 aliphatic carbocycles. The number of para-hydroxylation sites is 2. The maximum atomic E-state index is 13.7. The lowest BCUT2D eigenvalue weighted by Crippen LogP contribution is -2.49. The molecule has 14 heteroatoms. The molecule has 0 fully saturated rings. The number of carbonyl (C=O) groups is 3. The Morgan fingerprint density at radius 2 is 1.89 bits per heavy atom. The Bertz CT molecular complexity index is 1700. The van der Waals surface area contributed by atoms with Gasteiger partial charge in [-0.2, -0.15) is 0 Å². The standard InChI is InChI=1S/C33H39N9O5/c1-21-15-42(22(2)19-43)33(46)26-14-25(36-31(44)18-41-20-35-38-39-41)12-13-29(26)47-30(21)17-40(3)16-23-8-10-24(11-9-23)32(45)37-28-7-5-4-6-27(28)34/h4-14,20-22,30,43H,15-19,34H2,1-3H3,(H,36,44)(H,37,45)/t21-,22+,30-/m1/s1. The number of nitrogen functional groups attached to an aromatic ring is 1. The van der Waals surface area contributed by atoms with Crippen molar-refractivity contribution in [3.05, 3.63) is 89.7 Å². The zero-order chi connectivity index (χ0) is 33.5. The second kappa shape index (κ2) is 14.8. The van der Waals surface area contributed by atoms with Gasteiger partial charge < -0.3 is 31.1 Å². The van der Waals surface area contributed by atoms with Crippen LogP contribution in [0.2, 0.25) is 0 Å². The van der Waals surface area contributed by atoms with Crippen LogP contribution in [0.3, 0.4) is 0 Å². The van der Waals surface area contributed by atoms with Crippen LogP contribution in [0.5, 0.6) is 5.75 Å². The number of likely N-dealkylation sites (N-methyl/N-ethyl adjacent to an activating group) is 1. The third-order valence-electron chi connectivity index (χ3n) is 8.01. The maximum Gasteiger partial charge on any atom is 0.258 e. The van der Waals surface area contributed by atoms with Crippen LogP contribution >= 0.6 is 0 Å². The number of fused-ring (bicyclic) bond motifs is 1. The Morgan fingerprint density at radius 1 is 1.13 bits per heavy atom. The number of tetrazole rings is 1. The van der Waals surface area contributed by atoms with E-state index in [1.165, 1.54) is 11.0 Å². The van der Waals surface area contributed by atoms with Crippen molar-refractivity contribution in [2.24, 2.45) is 5.92 Å². The first-order valence-corrected chi connectivity index (χ1v) is 15.3. The van der Waals surface area contributed by atoms with E-state index in [-0.39, 0.29) is 48.5 Å². The van der Waals surface area contributed by atoms with Crippen LogP contribution in [0.15, 0.2) is 73.1 Å². The molecular formula is C33H39N9O5. The molecule has 47 heavy (non-hydrogen) atoms. The molecule has 3 atom stereocenters. The molecule has 5 rings (SSSR count). The lowest BCUT2D eigenvalue weighted by molar-refractivity contribution is -0.116. The van der Waals surface area contributed by atoms with Crippen LogP contribution in [0.4, 0.5) is 17.1 Å². The summed E-state index contributed by atoms with van der Waals surface area (Å²) in [7, 11) is 1.98. The first kappa shape index (κ1) is 33.0. The number of benzene rings is 3. The first-order valence-electron chi connectivity index (χ1n) is 15.3. The summed E-state index contributed by atoms with van der Waals surface area (Å²) in [4.78, 5) is 42.8. The summed E-state index contributed by atoms with van der Waals surface area (Å²) in [5, 5.41) is 26.4. The molecule has 5 N–H and O–H groups in total. The van der Waals surface area contributed by atoms with E-state index < -0.39 is 6.04 Å². The third-order valence-corrected chi connectivity index (χ3v) is 8.01. The number of hydrogen-bond acceptors (Lipinski definition) is 10. The molecule has 14 nitrogen and oxygen atoms in total. The number of carbonyl (C=O) groups excluding carboxylic acids is 3. The van der Waals surface area contributed by atoms with Gasteiger partial charge in [0.05, 0.1) is 29.6 Å². The van der Waals surface area contributed by atoms with Crippen LogP contribution in [-0.2, 0) is 17.9 Å².